The maximum absolute atomic E-state index is 12.4. The molecule has 0 aliphatic heterocycles. The minimum atomic E-state index is -0.101. The van der Waals surface area contributed by atoms with Gasteiger partial charge in [-0.25, -0.2) is 0 Å². The molecule has 0 aliphatic rings. The number of carbonyl (C=O) groups is 1. The maximum Gasteiger partial charge on any atom is 0.224 e. The highest BCUT2D eigenvalue weighted by molar-refractivity contribution is 5.93. The van der Waals surface area contributed by atoms with E-state index in [1.807, 2.05) is 24.4 Å². The SMILES string of the molecule is COc1cccc2[nH]cc(CC(=O)NC(CCO)C(C)(C)C)c12. The van der Waals surface area contributed by atoms with Crippen molar-refractivity contribution in [3.05, 3.63) is 30.0 Å². The lowest BCUT2D eigenvalue weighted by atomic mass is 9.85. The second kappa shape index (κ2) is 7.04. The van der Waals surface area contributed by atoms with Gasteiger partial charge in [0.05, 0.1) is 13.5 Å². The lowest BCUT2D eigenvalue weighted by Gasteiger charge is -2.31. The molecule has 2 rings (SSSR count). The molecule has 3 N–H and O–H groups in total. The Balaban J connectivity index is 2.17. The normalized spacial score (nSPS) is 13.1. The van der Waals surface area contributed by atoms with Gasteiger partial charge in [-0.2, -0.15) is 0 Å². The van der Waals surface area contributed by atoms with Crippen LogP contribution in [0.4, 0.5) is 0 Å². The number of fused-ring (bicyclic) bond motifs is 1. The molecular formula is C18H26N2O3. The molecule has 0 radical (unpaired) electrons. The summed E-state index contributed by atoms with van der Waals surface area (Å²) in [6.07, 6.45) is 2.68. The van der Waals surface area contributed by atoms with Crippen molar-refractivity contribution < 1.29 is 14.6 Å². The van der Waals surface area contributed by atoms with Crippen LogP contribution in [0.15, 0.2) is 24.4 Å². The predicted octanol–water partition coefficient (Wildman–Crippen LogP) is 2.63. The first kappa shape index (κ1) is 17.3. The fourth-order valence-electron chi connectivity index (χ4n) is 2.80. The molecule has 23 heavy (non-hydrogen) atoms. The summed E-state index contributed by atoms with van der Waals surface area (Å²) in [5, 5.41) is 13.2. The Morgan fingerprint density at radius 1 is 1.39 bits per heavy atom. The van der Waals surface area contributed by atoms with E-state index < -0.39 is 0 Å². The number of amides is 1. The Hall–Kier alpha value is -2.01. The van der Waals surface area contributed by atoms with Crippen LogP contribution < -0.4 is 10.1 Å². The van der Waals surface area contributed by atoms with Gasteiger partial charge < -0.3 is 20.1 Å². The number of methoxy groups -OCH3 is 1. The van der Waals surface area contributed by atoms with Crippen molar-refractivity contribution >= 4 is 16.8 Å². The molecule has 1 aromatic heterocycles. The molecule has 1 amide bonds. The van der Waals surface area contributed by atoms with Crippen molar-refractivity contribution in [1.29, 1.82) is 0 Å². The Kier molecular flexibility index (Phi) is 5.31. The zero-order valence-electron chi connectivity index (χ0n) is 14.3. The molecule has 1 unspecified atom stereocenters. The first-order valence-corrected chi connectivity index (χ1v) is 7.90. The minimum Gasteiger partial charge on any atom is -0.496 e. The average Bonchev–Trinajstić information content (AvgIpc) is 2.89. The van der Waals surface area contributed by atoms with Gasteiger partial charge in [-0.1, -0.05) is 26.8 Å². The summed E-state index contributed by atoms with van der Waals surface area (Å²) in [6.45, 7) is 6.23. The van der Waals surface area contributed by atoms with Gasteiger partial charge in [0.2, 0.25) is 5.91 Å². The quantitative estimate of drug-likeness (QED) is 0.766. The van der Waals surface area contributed by atoms with Gasteiger partial charge in [0.1, 0.15) is 5.75 Å². The third-order valence-electron chi connectivity index (χ3n) is 4.12. The number of aliphatic hydroxyl groups is 1. The van der Waals surface area contributed by atoms with E-state index in [0.717, 1.165) is 22.2 Å². The number of ether oxygens (including phenoxy) is 1. The number of hydrogen-bond donors (Lipinski definition) is 3. The number of H-pyrrole nitrogens is 1. The molecule has 0 aliphatic carbocycles. The molecule has 0 fully saturated rings. The van der Waals surface area contributed by atoms with E-state index in [-0.39, 0.29) is 30.4 Å². The Morgan fingerprint density at radius 3 is 2.74 bits per heavy atom. The lowest BCUT2D eigenvalue weighted by molar-refractivity contribution is -0.122. The number of carbonyl (C=O) groups excluding carboxylic acids is 1. The maximum atomic E-state index is 12.4. The van der Waals surface area contributed by atoms with Crippen molar-refractivity contribution in [2.24, 2.45) is 5.41 Å². The van der Waals surface area contributed by atoms with Crippen LogP contribution in [-0.4, -0.2) is 35.8 Å². The van der Waals surface area contributed by atoms with Crippen molar-refractivity contribution in [3.63, 3.8) is 0 Å². The summed E-state index contributed by atoms with van der Waals surface area (Å²) < 4.78 is 5.40. The minimum absolute atomic E-state index is 0.0508. The Morgan fingerprint density at radius 2 is 2.13 bits per heavy atom. The topological polar surface area (TPSA) is 74.4 Å². The summed E-state index contributed by atoms with van der Waals surface area (Å²) in [7, 11) is 1.63. The number of hydrogen-bond acceptors (Lipinski definition) is 3. The summed E-state index contributed by atoms with van der Waals surface area (Å²) >= 11 is 0. The van der Waals surface area contributed by atoms with Crippen LogP contribution in [0, 0.1) is 5.41 Å². The van der Waals surface area contributed by atoms with Crippen LogP contribution in [0.2, 0.25) is 0 Å². The Labute approximate surface area is 137 Å². The molecule has 126 valence electrons. The second-order valence-electron chi connectivity index (χ2n) is 6.87. The fraction of sp³-hybridized carbons (Fsp3) is 0.500. The van der Waals surface area contributed by atoms with Crippen molar-refractivity contribution in [3.8, 4) is 5.75 Å². The van der Waals surface area contributed by atoms with Crippen LogP contribution in [0.5, 0.6) is 5.75 Å². The van der Waals surface area contributed by atoms with E-state index in [0.29, 0.717) is 6.42 Å². The average molecular weight is 318 g/mol. The van der Waals surface area contributed by atoms with E-state index >= 15 is 0 Å². The van der Waals surface area contributed by atoms with E-state index in [2.05, 4.69) is 31.1 Å². The first-order valence-electron chi connectivity index (χ1n) is 7.90. The summed E-state index contributed by atoms with van der Waals surface area (Å²) in [4.78, 5) is 15.6. The zero-order chi connectivity index (χ0) is 17.0. The van der Waals surface area contributed by atoms with Crippen molar-refractivity contribution in [1.82, 2.24) is 10.3 Å². The van der Waals surface area contributed by atoms with Crippen molar-refractivity contribution in [2.45, 2.75) is 39.7 Å². The number of aromatic nitrogens is 1. The summed E-state index contributed by atoms with van der Waals surface area (Å²) in [6, 6.07) is 5.70. The van der Waals surface area contributed by atoms with Gasteiger partial charge in [0.15, 0.2) is 0 Å². The highest BCUT2D eigenvalue weighted by Gasteiger charge is 2.26. The van der Waals surface area contributed by atoms with Gasteiger partial charge in [0.25, 0.3) is 0 Å². The molecule has 0 spiro atoms. The standard InChI is InChI=1S/C18H26N2O3/c1-18(2,3)15(8-9-21)20-16(22)10-12-11-19-13-6-5-7-14(23-4)17(12)13/h5-7,11,15,19,21H,8-10H2,1-4H3,(H,20,22). The molecule has 0 bridgehead atoms. The van der Waals surface area contributed by atoms with Gasteiger partial charge >= 0.3 is 0 Å². The number of aliphatic hydroxyl groups excluding tert-OH is 1. The number of aromatic amines is 1. The third-order valence-corrected chi connectivity index (χ3v) is 4.12. The second-order valence-corrected chi connectivity index (χ2v) is 6.87. The number of nitrogens with one attached hydrogen (secondary N) is 2. The highest BCUT2D eigenvalue weighted by Crippen LogP contribution is 2.29. The Bertz CT molecular complexity index is 670. The molecule has 0 saturated heterocycles. The van der Waals surface area contributed by atoms with Gasteiger partial charge in [-0.15, -0.1) is 0 Å². The predicted molar refractivity (Wildman–Crippen MR) is 91.6 cm³/mol. The number of rotatable bonds is 6. The van der Waals surface area contributed by atoms with Crippen molar-refractivity contribution in [2.75, 3.05) is 13.7 Å². The number of benzene rings is 1. The molecule has 1 heterocycles. The third kappa shape index (κ3) is 4.05. The molecule has 2 aromatic rings. The van der Waals surface area contributed by atoms with Crippen LogP contribution in [0.3, 0.4) is 0 Å². The zero-order valence-corrected chi connectivity index (χ0v) is 14.3. The molecule has 5 nitrogen and oxygen atoms in total. The fourth-order valence-corrected chi connectivity index (χ4v) is 2.80. The van der Waals surface area contributed by atoms with Gasteiger partial charge in [-0.3, -0.25) is 4.79 Å². The molecule has 5 heteroatoms. The smallest absolute Gasteiger partial charge is 0.224 e. The van der Waals surface area contributed by atoms with Gasteiger partial charge in [0, 0.05) is 29.7 Å². The molecular weight excluding hydrogens is 292 g/mol. The lowest BCUT2D eigenvalue weighted by Crippen LogP contribution is -2.44. The molecule has 0 saturated carbocycles. The van der Waals surface area contributed by atoms with Crippen LogP contribution in [0.25, 0.3) is 10.9 Å². The van der Waals surface area contributed by atoms with Gasteiger partial charge in [-0.05, 0) is 29.5 Å². The largest absolute Gasteiger partial charge is 0.496 e. The van der Waals surface area contributed by atoms with Crippen LogP contribution in [-0.2, 0) is 11.2 Å². The monoisotopic (exact) mass is 318 g/mol. The highest BCUT2D eigenvalue weighted by atomic mass is 16.5. The molecule has 1 atom stereocenters. The van der Waals surface area contributed by atoms with E-state index in [1.165, 1.54) is 0 Å². The summed E-state index contributed by atoms with van der Waals surface area (Å²) in [5.74, 6) is 0.708. The van der Waals surface area contributed by atoms with Crippen LogP contribution >= 0.6 is 0 Å². The van der Waals surface area contributed by atoms with Crippen LogP contribution in [0.1, 0.15) is 32.8 Å². The summed E-state index contributed by atoms with van der Waals surface area (Å²) in [5.41, 5.74) is 1.76. The van der Waals surface area contributed by atoms with E-state index in [4.69, 9.17) is 4.74 Å². The van der Waals surface area contributed by atoms with E-state index in [9.17, 15) is 9.90 Å². The molecule has 1 aromatic carbocycles. The van der Waals surface area contributed by atoms with E-state index in [1.54, 1.807) is 7.11 Å². The first-order chi connectivity index (χ1) is 10.9.